The van der Waals surface area contributed by atoms with Gasteiger partial charge in [0.05, 0.1) is 36.6 Å². The molecule has 0 amide bonds. The number of nitrogens with one attached hydrogen (secondary N) is 1. The number of nitrogens with zero attached hydrogens (tertiary/aromatic N) is 4. The Hall–Kier alpha value is -2.97. The second-order valence-electron chi connectivity index (χ2n) is 8.10. The predicted molar refractivity (Wildman–Crippen MR) is 124 cm³/mol. The number of carbonyl (C=O) groups excluding carboxylic acids is 1. The number of aromatic nitrogens is 4. The molecular formula is C21H22ClFN6O5S. The van der Waals surface area contributed by atoms with Gasteiger partial charge in [-0.3, -0.25) is 8.98 Å². The zero-order valence-corrected chi connectivity index (χ0v) is 19.7. The summed E-state index contributed by atoms with van der Waals surface area (Å²) in [4.78, 5) is 25.4. The number of nitrogens with two attached hydrogens (primary N) is 1. The summed E-state index contributed by atoms with van der Waals surface area (Å²) >= 11 is 5.92. The summed E-state index contributed by atoms with van der Waals surface area (Å²) in [6.45, 7) is -0.0706. The van der Waals surface area contributed by atoms with Gasteiger partial charge in [0.2, 0.25) is 0 Å². The highest BCUT2D eigenvalue weighted by Crippen LogP contribution is 2.32. The smallest absolute Gasteiger partial charge is 0.333 e. The first-order valence-electron chi connectivity index (χ1n) is 10.5. The van der Waals surface area contributed by atoms with Gasteiger partial charge in [-0.2, -0.15) is 8.42 Å². The second kappa shape index (κ2) is 10.3. The van der Waals surface area contributed by atoms with Crippen LogP contribution in [-0.4, -0.2) is 63.8 Å². The number of rotatable bonds is 9. The van der Waals surface area contributed by atoms with E-state index in [0.29, 0.717) is 23.0 Å². The van der Waals surface area contributed by atoms with Crippen LogP contribution in [0, 0.1) is 5.92 Å². The fraction of sp³-hybridized carbons (Fsp3) is 0.333. The van der Waals surface area contributed by atoms with E-state index in [0.717, 1.165) is 0 Å². The highest BCUT2D eigenvalue weighted by atomic mass is 35.5. The molecule has 0 spiro atoms. The van der Waals surface area contributed by atoms with Gasteiger partial charge < -0.3 is 15.0 Å². The maximum Gasteiger partial charge on any atom is 0.333 e. The normalized spacial score (nSPS) is 22.3. The SMILES string of the molecule is NS(=O)(=O)OCC1CC(Nc2ncncc2C(=O)c2ccn(Cc3cccc(Cl)n3)c2)C(F)C1O. The molecular weight excluding hydrogens is 503 g/mol. The van der Waals surface area contributed by atoms with Gasteiger partial charge in [0.1, 0.15) is 23.5 Å². The van der Waals surface area contributed by atoms with Gasteiger partial charge in [0, 0.05) is 30.1 Å². The van der Waals surface area contributed by atoms with Crippen molar-refractivity contribution < 1.29 is 26.9 Å². The summed E-state index contributed by atoms with van der Waals surface area (Å²) < 4.78 is 43.0. The molecule has 0 radical (unpaired) electrons. The number of halogens is 2. The van der Waals surface area contributed by atoms with Gasteiger partial charge in [-0.15, -0.1) is 0 Å². The Labute approximate surface area is 205 Å². The van der Waals surface area contributed by atoms with E-state index in [1.54, 1.807) is 35.2 Å². The van der Waals surface area contributed by atoms with Crippen molar-refractivity contribution in [3.05, 3.63) is 71.2 Å². The average molecular weight is 525 g/mol. The van der Waals surface area contributed by atoms with Crippen LogP contribution >= 0.6 is 11.6 Å². The van der Waals surface area contributed by atoms with Gasteiger partial charge in [-0.25, -0.2) is 24.5 Å². The highest BCUT2D eigenvalue weighted by Gasteiger charge is 2.44. The standard InChI is InChI=1S/C21H22ClFN6O5S/c22-17-3-1-2-14(27-17)9-29-5-4-12(8-29)19(30)15-7-25-11-26-21(15)28-16-6-13(20(31)18(16)23)10-34-35(24,32)33/h1-5,7-8,11,13,16,18,20,31H,6,9-10H2,(H2,24,32,33)(H,25,26,28). The molecule has 4 N–H and O–H groups in total. The first-order chi connectivity index (χ1) is 16.6. The Balaban J connectivity index is 1.47. The lowest BCUT2D eigenvalue weighted by molar-refractivity contribution is 0.0501. The Bertz CT molecular complexity index is 1320. The van der Waals surface area contributed by atoms with Crippen LogP contribution in [0.15, 0.2) is 49.2 Å². The van der Waals surface area contributed by atoms with Crippen molar-refractivity contribution >= 4 is 33.5 Å². The van der Waals surface area contributed by atoms with Gasteiger partial charge >= 0.3 is 10.3 Å². The number of anilines is 1. The number of ketones is 1. The Kier molecular flexibility index (Phi) is 7.42. The summed E-state index contributed by atoms with van der Waals surface area (Å²) in [5.74, 6) is -1.13. The summed E-state index contributed by atoms with van der Waals surface area (Å²) in [5.41, 5.74) is 1.18. The monoisotopic (exact) mass is 524 g/mol. The van der Waals surface area contributed by atoms with E-state index < -0.39 is 46.9 Å². The molecule has 3 aromatic heterocycles. The van der Waals surface area contributed by atoms with E-state index in [-0.39, 0.29) is 17.8 Å². The van der Waals surface area contributed by atoms with Crippen LogP contribution in [0.5, 0.6) is 0 Å². The topological polar surface area (TPSA) is 162 Å². The van der Waals surface area contributed by atoms with Crippen molar-refractivity contribution in [1.29, 1.82) is 0 Å². The molecule has 4 rings (SSSR count). The van der Waals surface area contributed by atoms with Crippen molar-refractivity contribution in [3.8, 4) is 0 Å². The van der Waals surface area contributed by atoms with E-state index in [4.69, 9.17) is 16.7 Å². The summed E-state index contributed by atoms with van der Waals surface area (Å²) in [5, 5.41) is 18.2. The quantitative estimate of drug-likeness (QED) is 0.277. The molecule has 14 heteroatoms. The zero-order chi connectivity index (χ0) is 25.2. The Morgan fingerprint density at radius 1 is 1.37 bits per heavy atom. The van der Waals surface area contributed by atoms with E-state index >= 15 is 0 Å². The number of hydrogen-bond acceptors (Lipinski definition) is 9. The van der Waals surface area contributed by atoms with Crippen LogP contribution in [0.2, 0.25) is 5.15 Å². The maximum absolute atomic E-state index is 14.7. The lowest BCUT2D eigenvalue weighted by Crippen LogP contribution is -2.33. The van der Waals surface area contributed by atoms with Crippen LogP contribution in [0.25, 0.3) is 0 Å². The molecule has 1 aliphatic carbocycles. The lowest BCUT2D eigenvalue weighted by Gasteiger charge is -2.18. The minimum Gasteiger partial charge on any atom is -0.390 e. The van der Waals surface area contributed by atoms with E-state index in [1.807, 2.05) is 6.07 Å². The Morgan fingerprint density at radius 2 is 2.17 bits per heavy atom. The fourth-order valence-corrected chi connectivity index (χ4v) is 4.47. The van der Waals surface area contributed by atoms with Crippen LogP contribution in [-0.2, 0) is 21.0 Å². The number of aliphatic hydroxyl groups excluding tert-OH is 1. The first-order valence-corrected chi connectivity index (χ1v) is 12.3. The summed E-state index contributed by atoms with van der Waals surface area (Å²) in [6, 6.07) is 5.94. The summed E-state index contributed by atoms with van der Waals surface area (Å²) in [6.07, 6.45) is 2.66. The van der Waals surface area contributed by atoms with Crippen molar-refractivity contribution in [1.82, 2.24) is 19.5 Å². The molecule has 35 heavy (non-hydrogen) atoms. The van der Waals surface area contributed by atoms with Gasteiger partial charge in [-0.05, 0) is 24.6 Å². The molecule has 0 bridgehead atoms. The first kappa shape index (κ1) is 25.1. The average Bonchev–Trinajstić information content (AvgIpc) is 3.37. The van der Waals surface area contributed by atoms with Crippen LogP contribution in [0.3, 0.4) is 0 Å². The molecule has 3 aromatic rings. The van der Waals surface area contributed by atoms with Gasteiger partial charge in [0.25, 0.3) is 0 Å². The number of pyridine rings is 1. The van der Waals surface area contributed by atoms with E-state index in [9.17, 15) is 22.7 Å². The van der Waals surface area contributed by atoms with Crippen LogP contribution in [0.4, 0.5) is 10.2 Å². The lowest BCUT2D eigenvalue weighted by atomic mass is 10.1. The number of alkyl halides is 1. The largest absolute Gasteiger partial charge is 0.390 e. The summed E-state index contributed by atoms with van der Waals surface area (Å²) in [7, 11) is -4.23. The molecule has 4 atom stereocenters. The predicted octanol–water partition coefficient (Wildman–Crippen LogP) is 1.33. The van der Waals surface area contributed by atoms with E-state index in [1.165, 1.54) is 12.5 Å². The molecule has 0 aromatic carbocycles. The molecule has 0 saturated heterocycles. The molecule has 4 unspecified atom stereocenters. The molecule has 3 heterocycles. The third kappa shape index (κ3) is 6.18. The Morgan fingerprint density at radius 3 is 2.91 bits per heavy atom. The third-order valence-electron chi connectivity index (χ3n) is 5.61. The van der Waals surface area contributed by atoms with Crippen LogP contribution < -0.4 is 10.5 Å². The van der Waals surface area contributed by atoms with Crippen molar-refractivity contribution in [2.45, 2.75) is 31.3 Å². The molecule has 186 valence electrons. The number of carbonyl (C=O) groups is 1. The minimum atomic E-state index is -4.23. The minimum absolute atomic E-state index is 0.0263. The molecule has 11 nitrogen and oxygen atoms in total. The fourth-order valence-electron chi connectivity index (χ4n) is 3.92. The van der Waals surface area contributed by atoms with Gasteiger partial charge in [-0.1, -0.05) is 17.7 Å². The van der Waals surface area contributed by atoms with E-state index in [2.05, 4.69) is 24.5 Å². The highest BCUT2D eigenvalue weighted by molar-refractivity contribution is 7.84. The maximum atomic E-state index is 14.7. The third-order valence-corrected chi connectivity index (χ3v) is 6.28. The molecule has 1 aliphatic rings. The number of aliphatic hydroxyl groups is 1. The molecule has 1 saturated carbocycles. The molecule has 0 aliphatic heterocycles. The number of hydrogen-bond donors (Lipinski definition) is 3. The molecule has 1 fully saturated rings. The van der Waals surface area contributed by atoms with Crippen molar-refractivity contribution in [3.63, 3.8) is 0 Å². The van der Waals surface area contributed by atoms with Crippen molar-refractivity contribution in [2.24, 2.45) is 11.1 Å². The zero-order valence-electron chi connectivity index (χ0n) is 18.2. The van der Waals surface area contributed by atoms with Crippen molar-refractivity contribution in [2.75, 3.05) is 11.9 Å². The van der Waals surface area contributed by atoms with Gasteiger partial charge in [0.15, 0.2) is 5.78 Å². The second-order valence-corrected chi connectivity index (χ2v) is 9.71. The van der Waals surface area contributed by atoms with Crippen LogP contribution in [0.1, 0.15) is 28.0 Å².